The minimum Gasteiger partial charge on any atom is -0.381 e. The van der Waals surface area contributed by atoms with Crippen LogP contribution in [0.1, 0.15) is 56.5 Å². The van der Waals surface area contributed by atoms with E-state index in [-0.39, 0.29) is 16.9 Å². The third kappa shape index (κ3) is 5.38. The normalized spacial score (nSPS) is 17.0. The van der Waals surface area contributed by atoms with Crippen LogP contribution in [-0.2, 0) is 17.8 Å². The van der Waals surface area contributed by atoms with Gasteiger partial charge in [0.15, 0.2) is 0 Å². The summed E-state index contributed by atoms with van der Waals surface area (Å²) in [5.74, 6) is 0.655. The first-order valence-electron chi connectivity index (χ1n) is 11.7. The maximum atomic E-state index is 13.2. The van der Waals surface area contributed by atoms with Crippen molar-refractivity contribution in [3.05, 3.63) is 75.5 Å². The van der Waals surface area contributed by atoms with Gasteiger partial charge in [-0.2, -0.15) is 0 Å². The molecule has 1 aromatic carbocycles. The first kappa shape index (κ1) is 25.6. The molecule has 8 heteroatoms. The van der Waals surface area contributed by atoms with Crippen LogP contribution < -0.4 is 10.9 Å². The topological polar surface area (TPSA) is 81.8 Å². The number of nitrogens with zero attached hydrogens (tertiary/aromatic N) is 4. The van der Waals surface area contributed by atoms with Crippen molar-refractivity contribution < 1.29 is 4.21 Å². The van der Waals surface area contributed by atoms with Crippen molar-refractivity contribution in [3.63, 3.8) is 0 Å². The molecule has 2 unspecified atom stereocenters. The van der Waals surface area contributed by atoms with Gasteiger partial charge in [-0.15, -0.1) is 5.10 Å². The average molecular weight is 482 g/mol. The van der Waals surface area contributed by atoms with Gasteiger partial charge in [0.2, 0.25) is 0 Å². The first-order valence-corrected chi connectivity index (χ1v) is 13.3. The molecular weight excluding hydrogens is 446 g/mol. The van der Waals surface area contributed by atoms with Crippen LogP contribution in [0.15, 0.2) is 53.1 Å². The Kier molecular flexibility index (Phi) is 8.25. The van der Waals surface area contributed by atoms with Crippen LogP contribution >= 0.6 is 0 Å². The predicted molar refractivity (Wildman–Crippen MR) is 141 cm³/mol. The van der Waals surface area contributed by atoms with Crippen LogP contribution in [0.5, 0.6) is 0 Å². The minimum atomic E-state index is -0.973. The molecule has 1 aliphatic rings. The Morgan fingerprint density at radius 2 is 1.91 bits per heavy atom. The molecule has 7 nitrogen and oxygen atoms in total. The van der Waals surface area contributed by atoms with E-state index in [0.29, 0.717) is 11.2 Å². The van der Waals surface area contributed by atoms with E-state index in [1.165, 1.54) is 6.42 Å². The number of aromatic nitrogens is 4. The van der Waals surface area contributed by atoms with Crippen LogP contribution in [0.3, 0.4) is 0 Å². The lowest BCUT2D eigenvalue weighted by Gasteiger charge is -2.26. The summed E-state index contributed by atoms with van der Waals surface area (Å²) in [5, 5.41) is 13.3. The molecule has 0 aliphatic heterocycles. The number of hydrogen-bond acceptors (Lipinski definition) is 5. The Morgan fingerprint density at radius 3 is 2.53 bits per heavy atom. The Labute approximate surface area is 204 Å². The Morgan fingerprint density at radius 1 is 1.21 bits per heavy atom. The van der Waals surface area contributed by atoms with Gasteiger partial charge in [-0.25, -0.2) is 4.68 Å². The molecule has 0 saturated carbocycles. The van der Waals surface area contributed by atoms with E-state index in [1.807, 2.05) is 44.2 Å². The van der Waals surface area contributed by atoms with Gasteiger partial charge < -0.3 is 5.32 Å². The highest BCUT2D eigenvalue weighted by Crippen LogP contribution is 2.28. The third-order valence-corrected chi connectivity index (χ3v) is 6.96. The van der Waals surface area contributed by atoms with Gasteiger partial charge in [0.25, 0.3) is 5.56 Å². The molecule has 182 valence electrons. The van der Waals surface area contributed by atoms with Crippen molar-refractivity contribution in [1.29, 1.82) is 0 Å². The summed E-state index contributed by atoms with van der Waals surface area (Å²) < 4.78 is 15.4. The van der Waals surface area contributed by atoms with Gasteiger partial charge in [-0.1, -0.05) is 43.7 Å². The summed E-state index contributed by atoms with van der Waals surface area (Å²) >= 11 is 0. The number of allylic oxidation sites excluding steroid dienone is 3. The van der Waals surface area contributed by atoms with Gasteiger partial charge >= 0.3 is 0 Å². The number of nitrogens with one attached hydrogen (secondary N) is 1. The molecule has 2 aromatic heterocycles. The summed E-state index contributed by atoms with van der Waals surface area (Å²) in [6.07, 6.45) is 11.6. The van der Waals surface area contributed by atoms with Crippen LogP contribution in [0.25, 0.3) is 16.6 Å². The second-order valence-electron chi connectivity index (χ2n) is 8.83. The first-order chi connectivity index (χ1) is 16.2. The zero-order valence-electron chi connectivity index (χ0n) is 21.1. The van der Waals surface area contributed by atoms with Gasteiger partial charge in [0.05, 0.1) is 17.1 Å². The number of aryl methyl sites for hydroxylation is 2. The maximum Gasteiger partial charge on any atom is 0.259 e. The van der Waals surface area contributed by atoms with Gasteiger partial charge in [0.1, 0.15) is 5.82 Å². The third-order valence-electron chi connectivity index (χ3n) is 5.71. The molecule has 34 heavy (non-hydrogen) atoms. The molecule has 1 N–H and O–H groups in total. The number of fused-ring (bicyclic) bond motifs is 1. The molecule has 4 rings (SSSR count). The van der Waals surface area contributed by atoms with E-state index in [9.17, 15) is 9.00 Å². The average Bonchev–Trinajstić information content (AvgIpc) is 3.22. The fraction of sp³-hybridized carbons (Fsp3) is 0.423. The van der Waals surface area contributed by atoms with E-state index in [2.05, 4.69) is 42.5 Å². The zero-order chi connectivity index (χ0) is 25.0. The quantitative estimate of drug-likeness (QED) is 0.584. The van der Waals surface area contributed by atoms with Gasteiger partial charge in [-0.3, -0.25) is 13.6 Å². The van der Waals surface area contributed by atoms with Crippen molar-refractivity contribution >= 4 is 21.6 Å². The highest BCUT2D eigenvalue weighted by Gasteiger charge is 2.22. The lowest BCUT2D eigenvalue weighted by atomic mass is 9.97. The largest absolute Gasteiger partial charge is 0.381 e. The molecule has 3 aromatic rings. The van der Waals surface area contributed by atoms with E-state index < -0.39 is 10.8 Å². The van der Waals surface area contributed by atoms with E-state index in [4.69, 9.17) is 0 Å². The molecule has 1 aliphatic carbocycles. The second kappa shape index (κ2) is 11.0. The van der Waals surface area contributed by atoms with Crippen LogP contribution in [0.4, 0.5) is 0 Å². The van der Waals surface area contributed by atoms with Crippen LogP contribution in [-0.4, -0.2) is 35.3 Å². The molecule has 0 spiro atoms. The minimum absolute atomic E-state index is 0.0509. The van der Waals surface area contributed by atoms with Crippen LogP contribution in [0, 0.1) is 13.8 Å². The molecule has 0 saturated heterocycles. The zero-order valence-corrected chi connectivity index (χ0v) is 21.9. The summed E-state index contributed by atoms with van der Waals surface area (Å²) in [7, 11) is 0.775. The van der Waals surface area contributed by atoms with Crippen LogP contribution in [0.2, 0.25) is 0 Å². The van der Waals surface area contributed by atoms with Gasteiger partial charge in [-0.05, 0) is 61.9 Å². The lowest BCUT2D eigenvalue weighted by Crippen LogP contribution is -2.30. The molecular formula is C26H35N5O2S. The van der Waals surface area contributed by atoms with Crippen molar-refractivity contribution in [1.82, 2.24) is 24.9 Å². The Balaban J connectivity index is 0.00000103. The number of pyridine rings is 1. The molecule has 0 bridgehead atoms. The lowest BCUT2D eigenvalue weighted by molar-refractivity contribution is 0.622. The molecule has 0 fully saturated rings. The Hall–Kier alpha value is -3.00. The van der Waals surface area contributed by atoms with E-state index in [1.54, 1.807) is 28.7 Å². The standard InChI is InChI=1S/C23H27N5O2S.C3H8/c1-14-10-17(16(3)24-20-8-6-7-9-21(20)31(5)30)18-12-22(28-13-15(2)25-26-28)27(4)23(29)19(18)11-14;1-3-2/h6-8,10-13,16,21,24H,9H2,1-5H3;3H2,1-2H3/t16-,21?,31?;/m1./s1. The molecule has 2 heterocycles. The smallest absolute Gasteiger partial charge is 0.259 e. The molecule has 0 amide bonds. The Bertz CT molecular complexity index is 1320. The summed E-state index contributed by atoms with van der Waals surface area (Å²) in [6.45, 7) is 10.2. The molecule has 0 radical (unpaired) electrons. The predicted octanol–water partition coefficient (Wildman–Crippen LogP) is 4.39. The fourth-order valence-electron chi connectivity index (χ4n) is 4.10. The highest BCUT2D eigenvalue weighted by molar-refractivity contribution is 7.85. The van der Waals surface area contributed by atoms with Gasteiger partial charge in [0, 0.05) is 41.2 Å². The van der Waals surface area contributed by atoms with Crippen molar-refractivity contribution in [2.75, 3.05) is 6.26 Å². The maximum absolute atomic E-state index is 13.2. The highest BCUT2D eigenvalue weighted by atomic mass is 32.2. The number of hydrogen-bond donors (Lipinski definition) is 1. The van der Waals surface area contributed by atoms with E-state index in [0.717, 1.165) is 34.3 Å². The summed E-state index contributed by atoms with van der Waals surface area (Å²) in [6, 6.07) is 5.94. The van der Waals surface area contributed by atoms with Crippen molar-refractivity contribution in [2.45, 2.75) is 58.8 Å². The summed E-state index contributed by atoms with van der Waals surface area (Å²) in [4.78, 5) is 13.2. The number of benzene rings is 1. The summed E-state index contributed by atoms with van der Waals surface area (Å²) in [5.41, 5.74) is 3.70. The van der Waals surface area contributed by atoms with Crippen molar-refractivity contribution in [3.8, 4) is 5.82 Å². The fourth-order valence-corrected chi connectivity index (χ4v) is 4.99. The monoisotopic (exact) mass is 481 g/mol. The SMILES string of the molecule is CCC.Cc1cc([C@@H](C)NC2=CC=CCC2S(C)=O)c2cc(-n3cc(C)nn3)n(C)c(=O)c2c1. The second-order valence-corrected chi connectivity index (χ2v) is 10.4. The molecule has 3 atom stereocenters. The number of rotatable bonds is 5. The van der Waals surface area contributed by atoms with E-state index >= 15 is 0 Å². The van der Waals surface area contributed by atoms with Crippen molar-refractivity contribution in [2.24, 2.45) is 7.05 Å².